The summed E-state index contributed by atoms with van der Waals surface area (Å²) in [7, 11) is 0. The van der Waals surface area contributed by atoms with Crippen LogP contribution in [-0.4, -0.2) is 24.1 Å². The van der Waals surface area contributed by atoms with E-state index < -0.39 is 17.5 Å². The Morgan fingerprint density at radius 2 is 1.89 bits per heavy atom. The monoisotopic (exact) mass is 267 g/mol. The van der Waals surface area contributed by atoms with Gasteiger partial charge < -0.3 is 9.57 Å². The molecule has 0 aliphatic heterocycles. The number of rotatable bonds is 6. The molecule has 19 heavy (non-hydrogen) atoms. The van der Waals surface area contributed by atoms with Crippen molar-refractivity contribution in [3.8, 4) is 0 Å². The van der Waals surface area contributed by atoms with Crippen LogP contribution in [0.15, 0.2) is 29.4 Å². The van der Waals surface area contributed by atoms with E-state index in [1.54, 1.807) is 6.92 Å². The Balaban J connectivity index is 2.64. The van der Waals surface area contributed by atoms with Crippen molar-refractivity contribution >= 4 is 17.5 Å². The lowest BCUT2D eigenvalue weighted by atomic mass is 10.2. The highest BCUT2D eigenvalue weighted by atomic mass is 19.1. The molecule has 0 spiro atoms. The van der Waals surface area contributed by atoms with E-state index in [9.17, 15) is 14.0 Å². The third-order valence-corrected chi connectivity index (χ3v) is 2.10. The molecule has 0 radical (unpaired) electrons. The zero-order chi connectivity index (χ0) is 14.3. The van der Waals surface area contributed by atoms with Gasteiger partial charge in [-0.2, -0.15) is 0 Å². The standard InChI is InChI=1S/C13H14FNO4/c1-3-18-13(17)12(9(2)16)15-19-8-10-4-6-11(14)7-5-10/h4-7H,3,8H2,1-2H3. The van der Waals surface area contributed by atoms with Crippen LogP contribution in [0.5, 0.6) is 0 Å². The molecule has 1 aromatic carbocycles. The average Bonchev–Trinajstić information content (AvgIpc) is 2.36. The molecule has 0 unspecified atom stereocenters. The largest absolute Gasteiger partial charge is 0.461 e. The maximum absolute atomic E-state index is 12.7. The predicted octanol–water partition coefficient (Wildman–Crippen LogP) is 1.85. The fourth-order valence-corrected chi connectivity index (χ4v) is 1.20. The van der Waals surface area contributed by atoms with E-state index in [2.05, 4.69) is 9.89 Å². The van der Waals surface area contributed by atoms with Gasteiger partial charge in [0, 0.05) is 6.92 Å². The number of hydrogen-bond acceptors (Lipinski definition) is 5. The Morgan fingerprint density at radius 3 is 2.42 bits per heavy atom. The van der Waals surface area contributed by atoms with Gasteiger partial charge in [0.05, 0.1) is 6.61 Å². The van der Waals surface area contributed by atoms with Gasteiger partial charge in [-0.3, -0.25) is 4.79 Å². The number of esters is 1. The first-order chi connectivity index (χ1) is 9.04. The Bertz CT molecular complexity index is 482. The molecule has 102 valence electrons. The first-order valence-corrected chi connectivity index (χ1v) is 5.67. The maximum Gasteiger partial charge on any atom is 0.364 e. The van der Waals surface area contributed by atoms with Crippen LogP contribution in [0.25, 0.3) is 0 Å². The lowest BCUT2D eigenvalue weighted by Crippen LogP contribution is -2.24. The molecule has 0 N–H and O–H groups in total. The lowest BCUT2D eigenvalue weighted by Gasteiger charge is -2.03. The van der Waals surface area contributed by atoms with Gasteiger partial charge in [-0.25, -0.2) is 9.18 Å². The van der Waals surface area contributed by atoms with E-state index >= 15 is 0 Å². The van der Waals surface area contributed by atoms with Crippen molar-refractivity contribution < 1.29 is 23.6 Å². The van der Waals surface area contributed by atoms with Gasteiger partial charge in [-0.15, -0.1) is 0 Å². The van der Waals surface area contributed by atoms with Crippen LogP contribution in [0.2, 0.25) is 0 Å². The van der Waals surface area contributed by atoms with Crippen LogP contribution in [0.3, 0.4) is 0 Å². The molecule has 1 aromatic rings. The molecular weight excluding hydrogens is 253 g/mol. The number of carbonyl (C=O) groups is 2. The minimum Gasteiger partial charge on any atom is -0.461 e. The van der Waals surface area contributed by atoms with Crippen molar-refractivity contribution in [2.24, 2.45) is 5.16 Å². The molecule has 0 atom stereocenters. The minimum atomic E-state index is -0.825. The van der Waals surface area contributed by atoms with Crippen LogP contribution in [0, 0.1) is 5.82 Å². The molecule has 0 amide bonds. The molecule has 0 saturated carbocycles. The SMILES string of the molecule is CCOC(=O)C(=NOCc1ccc(F)cc1)C(C)=O. The fraction of sp³-hybridized carbons (Fsp3) is 0.308. The average molecular weight is 267 g/mol. The Morgan fingerprint density at radius 1 is 1.26 bits per heavy atom. The van der Waals surface area contributed by atoms with Crippen LogP contribution < -0.4 is 0 Å². The molecule has 0 aliphatic rings. The van der Waals surface area contributed by atoms with Crippen molar-refractivity contribution in [3.63, 3.8) is 0 Å². The van der Waals surface area contributed by atoms with Crippen molar-refractivity contribution in [1.82, 2.24) is 0 Å². The van der Waals surface area contributed by atoms with Gasteiger partial charge >= 0.3 is 5.97 Å². The summed E-state index contributed by atoms with van der Waals surface area (Å²) >= 11 is 0. The summed E-state index contributed by atoms with van der Waals surface area (Å²) in [6, 6.07) is 5.59. The Hall–Kier alpha value is -2.24. The third kappa shape index (κ3) is 4.87. The Labute approximate surface area is 110 Å². The summed E-state index contributed by atoms with van der Waals surface area (Å²) < 4.78 is 17.3. The second-order valence-corrected chi connectivity index (χ2v) is 3.62. The molecule has 0 aliphatic carbocycles. The molecule has 0 saturated heterocycles. The lowest BCUT2D eigenvalue weighted by molar-refractivity contribution is -0.136. The van der Waals surface area contributed by atoms with Gasteiger partial charge in [-0.05, 0) is 24.6 Å². The van der Waals surface area contributed by atoms with E-state index in [0.717, 1.165) is 0 Å². The zero-order valence-electron chi connectivity index (χ0n) is 10.7. The predicted molar refractivity (Wildman–Crippen MR) is 65.9 cm³/mol. The van der Waals surface area contributed by atoms with Gasteiger partial charge in [0.25, 0.3) is 0 Å². The fourth-order valence-electron chi connectivity index (χ4n) is 1.20. The number of halogens is 1. The highest BCUT2D eigenvalue weighted by molar-refractivity contribution is 6.63. The first kappa shape index (κ1) is 14.8. The summed E-state index contributed by atoms with van der Waals surface area (Å²) in [6.45, 7) is 2.98. The second kappa shape index (κ2) is 7.25. The first-order valence-electron chi connectivity index (χ1n) is 5.67. The van der Waals surface area contributed by atoms with Gasteiger partial charge in [0.1, 0.15) is 12.4 Å². The summed E-state index contributed by atoms with van der Waals surface area (Å²) in [6.07, 6.45) is 0. The van der Waals surface area contributed by atoms with E-state index in [-0.39, 0.29) is 19.0 Å². The second-order valence-electron chi connectivity index (χ2n) is 3.62. The number of nitrogens with zero attached hydrogens (tertiary/aromatic N) is 1. The molecule has 0 bridgehead atoms. The van der Waals surface area contributed by atoms with E-state index in [0.29, 0.717) is 5.56 Å². The van der Waals surface area contributed by atoms with Crippen LogP contribution in [0.1, 0.15) is 19.4 Å². The number of ether oxygens (including phenoxy) is 1. The quantitative estimate of drug-likeness (QED) is 0.341. The summed E-state index contributed by atoms with van der Waals surface area (Å²) in [5.74, 6) is -1.73. The highest BCUT2D eigenvalue weighted by Gasteiger charge is 2.18. The molecule has 5 nitrogen and oxygen atoms in total. The summed E-state index contributed by atoms with van der Waals surface area (Å²) in [4.78, 5) is 27.4. The minimum absolute atomic E-state index is 0.0243. The van der Waals surface area contributed by atoms with Crippen LogP contribution in [0.4, 0.5) is 4.39 Å². The van der Waals surface area contributed by atoms with Crippen LogP contribution >= 0.6 is 0 Å². The van der Waals surface area contributed by atoms with Gasteiger partial charge in [0.2, 0.25) is 5.71 Å². The highest BCUT2D eigenvalue weighted by Crippen LogP contribution is 2.04. The van der Waals surface area contributed by atoms with Crippen molar-refractivity contribution in [2.75, 3.05) is 6.61 Å². The van der Waals surface area contributed by atoms with Crippen molar-refractivity contribution in [2.45, 2.75) is 20.5 Å². The smallest absolute Gasteiger partial charge is 0.364 e. The number of Topliss-reactive ketones (excluding diaryl/α,β-unsaturated/α-hetero) is 1. The molecule has 0 aromatic heterocycles. The molecule has 0 fully saturated rings. The van der Waals surface area contributed by atoms with Crippen LogP contribution in [-0.2, 0) is 25.8 Å². The normalized spacial score (nSPS) is 11.0. The summed E-state index contributed by atoms with van der Waals surface area (Å²) in [5.41, 5.74) is 0.265. The van der Waals surface area contributed by atoms with E-state index in [1.165, 1.54) is 31.2 Å². The number of hydrogen-bond donors (Lipinski definition) is 0. The number of oxime groups is 1. The van der Waals surface area contributed by atoms with E-state index in [4.69, 9.17) is 4.84 Å². The molecule has 6 heteroatoms. The van der Waals surface area contributed by atoms with Crippen molar-refractivity contribution in [1.29, 1.82) is 0 Å². The maximum atomic E-state index is 12.7. The number of carbonyl (C=O) groups excluding carboxylic acids is 2. The molecule has 1 rings (SSSR count). The van der Waals surface area contributed by atoms with Gasteiger partial charge in [-0.1, -0.05) is 17.3 Å². The topological polar surface area (TPSA) is 65.0 Å². The summed E-state index contributed by atoms with van der Waals surface area (Å²) in [5, 5.41) is 3.46. The van der Waals surface area contributed by atoms with E-state index in [1.807, 2.05) is 0 Å². The number of benzene rings is 1. The molecular formula is C13H14FNO4. The van der Waals surface area contributed by atoms with Gasteiger partial charge in [0.15, 0.2) is 5.78 Å². The third-order valence-electron chi connectivity index (χ3n) is 2.10. The molecule has 0 heterocycles. The Kier molecular flexibility index (Phi) is 5.66. The zero-order valence-corrected chi connectivity index (χ0v) is 10.7. The number of ketones is 1. The van der Waals surface area contributed by atoms with Crippen molar-refractivity contribution in [3.05, 3.63) is 35.6 Å².